The Morgan fingerprint density at radius 2 is 2.17 bits per heavy atom. The highest BCUT2D eigenvalue weighted by Gasteiger charge is 2.04. The van der Waals surface area contributed by atoms with Crippen molar-refractivity contribution >= 4 is 5.82 Å². The second-order valence-corrected chi connectivity index (χ2v) is 4.03. The van der Waals surface area contributed by atoms with Gasteiger partial charge in [-0.25, -0.2) is 9.98 Å². The first-order chi connectivity index (χ1) is 8.58. The van der Waals surface area contributed by atoms with Crippen LogP contribution in [0.1, 0.15) is 6.92 Å². The predicted molar refractivity (Wildman–Crippen MR) is 71.2 cm³/mol. The van der Waals surface area contributed by atoms with E-state index in [0.29, 0.717) is 5.82 Å². The Morgan fingerprint density at radius 3 is 2.78 bits per heavy atom. The number of nitrogens with zero attached hydrogens (tertiary/aromatic N) is 4. The first kappa shape index (κ1) is 12.0. The van der Waals surface area contributed by atoms with E-state index in [2.05, 4.69) is 21.5 Å². The van der Waals surface area contributed by atoms with Crippen LogP contribution in [0.3, 0.4) is 0 Å². The van der Waals surface area contributed by atoms with Crippen LogP contribution < -0.4 is 11.2 Å². The molecule has 0 radical (unpaired) electrons. The third-order valence-electron chi connectivity index (χ3n) is 2.40. The molecule has 0 aliphatic rings. The van der Waals surface area contributed by atoms with Crippen LogP contribution in [-0.4, -0.2) is 14.5 Å². The van der Waals surface area contributed by atoms with Gasteiger partial charge in [-0.05, 0) is 19.1 Å². The number of allylic oxidation sites excluding steroid dienone is 1. The Labute approximate surface area is 105 Å². The topological polar surface area (TPSA) is 69.1 Å². The number of nitrogen functional groups attached to an aromatic ring is 1. The third-order valence-corrected chi connectivity index (χ3v) is 2.40. The van der Waals surface area contributed by atoms with E-state index in [-0.39, 0.29) is 0 Å². The lowest BCUT2D eigenvalue weighted by Gasteiger charge is -2.06. The van der Waals surface area contributed by atoms with Gasteiger partial charge in [-0.15, -0.1) is 0 Å². The van der Waals surface area contributed by atoms with Crippen LogP contribution in [0.4, 0.5) is 5.82 Å². The number of hydrogen-bond acceptors (Lipinski definition) is 4. The van der Waals surface area contributed by atoms with Crippen molar-refractivity contribution in [2.45, 2.75) is 6.92 Å². The molecular weight excluding hydrogens is 226 g/mol. The number of nitrogens with two attached hydrogens (primary N) is 1. The Kier molecular flexibility index (Phi) is 3.23. The maximum atomic E-state index is 5.58. The molecule has 0 bridgehead atoms. The average Bonchev–Trinajstić information content (AvgIpc) is 2.32. The van der Waals surface area contributed by atoms with Gasteiger partial charge in [-0.1, -0.05) is 6.58 Å². The molecule has 92 valence electrons. The molecular formula is C13H15N5. The van der Waals surface area contributed by atoms with E-state index in [1.165, 1.54) is 0 Å². The highest BCUT2D eigenvalue weighted by atomic mass is 15.0. The number of anilines is 1. The SMILES string of the molecule is C=C(C)N=c1c(-c2ccc(N)nc2)nccn1C. The Hall–Kier alpha value is -2.43. The van der Waals surface area contributed by atoms with Crippen molar-refractivity contribution in [2.75, 3.05) is 5.73 Å². The van der Waals surface area contributed by atoms with Gasteiger partial charge in [0.15, 0.2) is 5.49 Å². The Morgan fingerprint density at radius 1 is 1.39 bits per heavy atom. The number of aromatic nitrogens is 3. The van der Waals surface area contributed by atoms with E-state index in [1.54, 1.807) is 18.5 Å². The Bertz CT molecular complexity index is 637. The van der Waals surface area contributed by atoms with Crippen LogP contribution >= 0.6 is 0 Å². The molecule has 2 rings (SSSR count). The smallest absolute Gasteiger partial charge is 0.159 e. The molecule has 0 unspecified atom stereocenters. The van der Waals surface area contributed by atoms with Crippen molar-refractivity contribution in [3.63, 3.8) is 0 Å². The van der Waals surface area contributed by atoms with E-state index in [0.717, 1.165) is 22.4 Å². The lowest BCUT2D eigenvalue weighted by Crippen LogP contribution is -2.21. The van der Waals surface area contributed by atoms with Gasteiger partial charge in [0.2, 0.25) is 0 Å². The molecule has 5 heteroatoms. The fourth-order valence-electron chi connectivity index (χ4n) is 1.56. The predicted octanol–water partition coefficient (Wildman–Crippen LogP) is 1.50. The number of rotatable bonds is 2. The molecule has 0 atom stereocenters. The molecule has 2 aromatic heterocycles. The Balaban J connectivity index is 2.68. The summed E-state index contributed by atoms with van der Waals surface area (Å²) in [7, 11) is 1.91. The van der Waals surface area contributed by atoms with Crippen molar-refractivity contribution in [1.29, 1.82) is 0 Å². The quantitative estimate of drug-likeness (QED) is 0.866. The number of hydrogen-bond donors (Lipinski definition) is 1. The van der Waals surface area contributed by atoms with Crippen LogP contribution in [0.15, 0.2) is 48.0 Å². The summed E-state index contributed by atoms with van der Waals surface area (Å²) >= 11 is 0. The monoisotopic (exact) mass is 241 g/mol. The van der Waals surface area contributed by atoms with E-state index in [9.17, 15) is 0 Å². The summed E-state index contributed by atoms with van der Waals surface area (Å²) in [5.74, 6) is 0.484. The van der Waals surface area contributed by atoms with Crippen molar-refractivity contribution in [3.05, 3.63) is 48.5 Å². The summed E-state index contributed by atoms with van der Waals surface area (Å²) in [6.07, 6.45) is 5.26. The summed E-state index contributed by atoms with van der Waals surface area (Å²) in [4.78, 5) is 12.8. The first-order valence-corrected chi connectivity index (χ1v) is 5.51. The van der Waals surface area contributed by atoms with E-state index < -0.39 is 0 Å². The molecule has 0 aromatic carbocycles. The van der Waals surface area contributed by atoms with Gasteiger partial charge in [0, 0.05) is 36.9 Å². The molecule has 0 spiro atoms. The van der Waals surface area contributed by atoms with E-state index in [1.807, 2.05) is 30.8 Å². The molecule has 2 aromatic rings. The minimum atomic E-state index is 0.484. The van der Waals surface area contributed by atoms with Gasteiger partial charge in [0.25, 0.3) is 0 Å². The largest absolute Gasteiger partial charge is 0.384 e. The molecule has 5 nitrogen and oxygen atoms in total. The molecule has 0 aliphatic carbocycles. The van der Waals surface area contributed by atoms with Crippen LogP contribution in [-0.2, 0) is 7.05 Å². The maximum absolute atomic E-state index is 5.58. The van der Waals surface area contributed by atoms with Gasteiger partial charge in [0.05, 0.1) is 0 Å². The lowest BCUT2D eigenvalue weighted by molar-refractivity contribution is 0.813. The zero-order valence-corrected chi connectivity index (χ0v) is 10.5. The molecule has 2 heterocycles. The van der Waals surface area contributed by atoms with Gasteiger partial charge in [-0.3, -0.25) is 4.98 Å². The van der Waals surface area contributed by atoms with Gasteiger partial charge in [0.1, 0.15) is 11.5 Å². The summed E-state index contributed by atoms with van der Waals surface area (Å²) in [6.45, 7) is 5.64. The van der Waals surface area contributed by atoms with Gasteiger partial charge in [-0.2, -0.15) is 0 Å². The zero-order valence-electron chi connectivity index (χ0n) is 10.5. The van der Waals surface area contributed by atoms with Crippen molar-refractivity contribution in [3.8, 4) is 11.3 Å². The summed E-state index contributed by atoms with van der Waals surface area (Å²) in [5.41, 5.74) is 8.69. The molecule has 0 saturated carbocycles. The first-order valence-electron chi connectivity index (χ1n) is 5.51. The minimum absolute atomic E-state index is 0.484. The molecule has 0 saturated heterocycles. The summed E-state index contributed by atoms with van der Waals surface area (Å²) in [5, 5.41) is 0. The lowest BCUT2D eigenvalue weighted by atomic mass is 10.2. The van der Waals surface area contributed by atoms with Crippen molar-refractivity contribution < 1.29 is 0 Å². The van der Waals surface area contributed by atoms with Crippen LogP contribution in [0.25, 0.3) is 11.3 Å². The average molecular weight is 241 g/mol. The van der Waals surface area contributed by atoms with Gasteiger partial charge < -0.3 is 10.3 Å². The second-order valence-electron chi connectivity index (χ2n) is 4.03. The highest BCUT2D eigenvalue weighted by Crippen LogP contribution is 2.12. The van der Waals surface area contributed by atoms with E-state index in [4.69, 9.17) is 5.73 Å². The standard InChI is InChI=1S/C13H15N5/c1-9(2)17-13-12(15-6-7-18(13)3)10-4-5-11(14)16-8-10/h4-8H,1H2,2-3H3,(H2,14,16). The fraction of sp³-hybridized carbons (Fsp3) is 0.154. The molecule has 0 fully saturated rings. The second kappa shape index (κ2) is 4.83. The van der Waals surface area contributed by atoms with Gasteiger partial charge >= 0.3 is 0 Å². The molecule has 2 N–H and O–H groups in total. The fourth-order valence-corrected chi connectivity index (χ4v) is 1.56. The van der Waals surface area contributed by atoms with E-state index >= 15 is 0 Å². The minimum Gasteiger partial charge on any atom is -0.384 e. The normalized spacial score (nSPS) is 11.6. The van der Waals surface area contributed by atoms with Crippen LogP contribution in [0, 0.1) is 0 Å². The zero-order chi connectivity index (χ0) is 13.1. The van der Waals surface area contributed by atoms with Crippen molar-refractivity contribution in [2.24, 2.45) is 12.0 Å². The highest BCUT2D eigenvalue weighted by molar-refractivity contribution is 5.57. The van der Waals surface area contributed by atoms with Crippen LogP contribution in [0.5, 0.6) is 0 Å². The molecule has 0 aliphatic heterocycles. The number of aryl methyl sites for hydroxylation is 1. The molecule has 18 heavy (non-hydrogen) atoms. The number of pyridine rings is 1. The molecule has 0 amide bonds. The summed E-state index contributed by atoms with van der Waals surface area (Å²) < 4.78 is 1.90. The van der Waals surface area contributed by atoms with Crippen molar-refractivity contribution in [1.82, 2.24) is 14.5 Å². The van der Waals surface area contributed by atoms with Crippen LogP contribution in [0.2, 0.25) is 0 Å². The maximum Gasteiger partial charge on any atom is 0.159 e. The summed E-state index contributed by atoms with van der Waals surface area (Å²) in [6, 6.07) is 3.62. The third kappa shape index (κ3) is 2.45.